The van der Waals surface area contributed by atoms with Crippen LogP contribution in [-0.2, 0) is 0 Å². The number of nitrogens with one attached hydrogen (secondary N) is 2. The van der Waals surface area contributed by atoms with Crippen molar-refractivity contribution in [3.05, 3.63) is 41.0 Å². The van der Waals surface area contributed by atoms with Crippen molar-refractivity contribution in [2.24, 2.45) is 5.92 Å². The van der Waals surface area contributed by atoms with Crippen molar-refractivity contribution >= 4 is 17.5 Å². The number of benzene rings is 1. The van der Waals surface area contributed by atoms with E-state index in [0.29, 0.717) is 16.3 Å². The number of aliphatic hydroxyl groups excluding tert-OH is 1. The van der Waals surface area contributed by atoms with Gasteiger partial charge in [-0.15, -0.1) is 0 Å². The first-order valence-corrected chi connectivity index (χ1v) is 7.65. The van der Waals surface area contributed by atoms with E-state index in [1.807, 2.05) is 26.0 Å². The highest BCUT2D eigenvalue weighted by molar-refractivity contribution is 6.30. The number of aromatic amines is 1. The highest BCUT2D eigenvalue weighted by Crippen LogP contribution is 2.23. The van der Waals surface area contributed by atoms with Crippen molar-refractivity contribution < 1.29 is 9.90 Å². The fourth-order valence-corrected chi connectivity index (χ4v) is 2.32. The second-order valence-electron chi connectivity index (χ2n) is 5.31. The van der Waals surface area contributed by atoms with Gasteiger partial charge in [-0.1, -0.05) is 44.0 Å². The molecule has 2 aromatic rings. The van der Waals surface area contributed by atoms with Crippen LogP contribution >= 0.6 is 11.6 Å². The molecule has 6 heteroatoms. The number of carbonyl (C=O) groups is 1. The third-order valence-electron chi connectivity index (χ3n) is 3.86. The lowest BCUT2D eigenvalue weighted by Crippen LogP contribution is -2.41. The van der Waals surface area contributed by atoms with Crippen LogP contribution in [0.3, 0.4) is 0 Å². The van der Waals surface area contributed by atoms with Crippen LogP contribution in [0.15, 0.2) is 30.5 Å². The summed E-state index contributed by atoms with van der Waals surface area (Å²) in [5, 5.41) is 19.7. The predicted octanol–water partition coefficient (Wildman–Crippen LogP) is 2.87. The number of aromatic nitrogens is 2. The fourth-order valence-electron chi connectivity index (χ4n) is 2.19. The first-order chi connectivity index (χ1) is 10.6. The highest BCUT2D eigenvalue weighted by atomic mass is 35.5. The van der Waals surface area contributed by atoms with Gasteiger partial charge in [0.1, 0.15) is 0 Å². The summed E-state index contributed by atoms with van der Waals surface area (Å²) in [4.78, 5) is 12.4. The molecule has 118 valence electrons. The molecule has 0 aliphatic carbocycles. The number of H-pyrrole nitrogens is 1. The average Bonchev–Trinajstić information content (AvgIpc) is 3.02. The molecular weight excluding hydrogens is 302 g/mol. The molecule has 3 N–H and O–H groups in total. The van der Waals surface area contributed by atoms with Gasteiger partial charge in [0.15, 0.2) is 0 Å². The number of amides is 1. The molecule has 0 unspecified atom stereocenters. The van der Waals surface area contributed by atoms with Gasteiger partial charge in [-0.25, -0.2) is 0 Å². The number of aliphatic hydroxyl groups is 1. The Morgan fingerprint density at radius 2 is 2.09 bits per heavy atom. The number of hydrogen-bond donors (Lipinski definition) is 3. The average molecular weight is 322 g/mol. The maximum atomic E-state index is 12.4. The molecule has 1 aromatic heterocycles. The van der Waals surface area contributed by atoms with Crippen LogP contribution in [0.4, 0.5) is 0 Å². The van der Waals surface area contributed by atoms with Crippen molar-refractivity contribution in [2.45, 2.75) is 26.3 Å². The normalized spacial score (nSPS) is 13.6. The maximum absolute atomic E-state index is 12.4. The highest BCUT2D eigenvalue weighted by Gasteiger charge is 2.21. The van der Waals surface area contributed by atoms with Gasteiger partial charge < -0.3 is 10.4 Å². The van der Waals surface area contributed by atoms with Crippen molar-refractivity contribution in [3.8, 4) is 11.3 Å². The van der Waals surface area contributed by atoms with Crippen LogP contribution in [0.25, 0.3) is 11.3 Å². The summed E-state index contributed by atoms with van der Waals surface area (Å²) in [5.74, 6) is -0.0575. The SMILES string of the molecule is CC[C@H](C)[C@H](CO)NC(=O)c1cn[nH]c1-c1ccc(Cl)cc1. The second kappa shape index (κ2) is 7.42. The third-order valence-corrected chi connectivity index (χ3v) is 4.11. The smallest absolute Gasteiger partial charge is 0.255 e. The van der Waals surface area contributed by atoms with Crippen LogP contribution in [0.2, 0.25) is 5.02 Å². The Morgan fingerprint density at radius 3 is 2.68 bits per heavy atom. The summed E-state index contributed by atoms with van der Waals surface area (Å²) in [6.07, 6.45) is 2.37. The third kappa shape index (κ3) is 3.67. The Labute approximate surface area is 134 Å². The molecule has 0 spiro atoms. The lowest BCUT2D eigenvalue weighted by molar-refractivity contribution is 0.0892. The van der Waals surface area contributed by atoms with Crippen LogP contribution in [-0.4, -0.2) is 33.9 Å². The summed E-state index contributed by atoms with van der Waals surface area (Å²) >= 11 is 5.88. The van der Waals surface area contributed by atoms with Crippen LogP contribution in [0, 0.1) is 5.92 Å². The van der Waals surface area contributed by atoms with Gasteiger partial charge in [0.25, 0.3) is 5.91 Å². The zero-order valence-corrected chi connectivity index (χ0v) is 13.4. The van der Waals surface area contributed by atoms with Crippen LogP contribution < -0.4 is 5.32 Å². The van der Waals surface area contributed by atoms with E-state index in [0.717, 1.165) is 12.0 Å². The first-order valence-electron chi connectivity index (χ1n) is 7.27. The summed E-state index contributed by atoms with van der Waals surface area (Å²) < 4.78 is 0. The van der Waals surface area contributed by atoms with Gasteiger partial charge in [-0.05, 0) is 18.1 Å². The van der Waals surface area contributed by atoms with Gasteiger partial charge in [-0.2, -0.15) is 5.10 Å². The molecule has 5 nitrogen and oxygen atoms in total. The Morgan fingerprint density at radius 1 is 1.41 bits per heavy atom. The lowest BCUT2D eigenvalue weighted by atomic mass is 9.99. The number of hydrogen-bond acceptors (Lipinski definition) is 3. The Hall–Kier alpha value is -1.85. The molecule has 1 aromatic carbocycles. The molecule has 0 saturated heterocycles. The van der Waals surface area contributed by atoms with E-state index in [9.17, 15) is 9.90 Å². The maximum Gasteiger partial charge on any atom is 0.255 e. The van der Waals surface area contributed by atoms with Crippen molar-refractivity contribution in [3.63, 3.8) is 0 Å². The van der Waals surface area contributed by atoms with Crippen LogP contribution in [0.5, 0.6) is 0 Å². The quantitative estimate of drug-likeness (QED) is 0.765. The van der Waals surface area contributed by atoms with Gasteiger partial charge in [0, 0.05) is 10.6 Å². The number of halogens is 1. The van der Waals surface area contributed by atoms with E-state index in [1.54, 1.807) is 12.1 Å². The molecule has 2 rings (SSSR count). The minimum absolute atomic E-state index is 0.0884. The number of rotatable bonds is 6. The van der Waals surface area contributed by atoms with Gasteiger partial charge in [-0.3, -0.25) is 9.89 Å². The molecule has 0 bridgehead atoms. The van der Waals surface area contributed by atoms with E-state index in [-0.39, 0.29) is 24.5 Å². The second-order valence-corrected chi connectivity index (χ2v) is 5.75. The molecule has 0 fully saturated rings. The van der Waals surface area contributed by atoms with Gasteiger partial charge in [0.05, 0.1) is 30.1 Å². The lowest BCUT2D eigenvalue weighted by Gasteiger charge is -2.22. The van der Waals surface area contributed by atoms with Gasteiger partial charge >= 0.3 is 0 Å². The first kappa shape index (κ1) is 16.5. The Bertz CT molecular complexity index is 625. The molecule has 0 aliphatic rings. The minimum Gasteiger partial charge on any atom is -0.394 e. The molecular formula is C16H20ClN3O2. The minimum atomic E-state index is -0.273. The number of nitrogens with zero attached hydrogens (tertiary/aromatic N) is 1. The van der Waals surface area contributed by atoms with Gasteiger partial charge in [0.2, 0.25) is 0 Å². The predicted molar refractivity (Wildman–Crippen MR) is 86.8 cm³/mol. The Balaban J connectivity index is 2.21. The van der Waals surface area contributed by atoms with Crippen molar-refractivity contribution in [1.82, 2.24) is 15.5 Å². The molecule has 1 heterocycles. The molecule has 0 radical (unpaired) electrons. The standard InChI is InChI=1S/C16H20ClN3O2/c1-3-10(2)14(9-21)19-16(22)13-8-18-20-15(13)11-4-6-12(17)7-5-11/h4-8,10,14,21H,3,9H2,1-2H3,(H,18,20)(H,19,22)/t10-,14-/m0/s1. The van der Waals surface area contributed by atoms with E-state index >= 15 is 0 Å². The molecule has 22 heavy (non-hydrogen) atoms. The molecule has 0 saturated carbocycles. The van der Waals surface area contributed by atoms with E-state index in [1.165, 1.54) is 6.20 Å². The van der Waals surface area contributed by atoms with Crippen molar-refractivity contribution in [1.29, 1.82) is 0 Å². The summed E-state index contributed by atoms with van der Waals surface area (Å²) in [6.45, 7) is 3.93. The molecule has 1 amide bonds. The Kier molecular flexibility index (Phi) is 5.57. The van der Waals surface area contributed by atoms with Crippen molar-refractivity contribution in [2.75, 3.05) is 6.61 Å². The summed E-state index contributed by atoms with van der Waals surface area (Å²) in [7, 11) is 0. The summed E-state index contributed by atoms with van der Waals surface area (Å²) in [5.41, 5.74) is 1.91. The number of carbonyl (C=O) groups excluding carboxylic acids is 1. The van der Waals surface area contributed by atoms with Crippen LogP contribution in [0.1, 0.15) is 30.6 Å². The molecule has 0 aliphatic heterocycles. The fraction of sp³-hybridized carbons (Fsp3) is 0.375. The van der Waals surface area contributed by atoms with E-state index in [4.69, 9.17) is 11.6 Å². The van der Waals surface area contributed by atoms with E-state index in [2.05, 4.69) is 15.5 Å². The van der Waals surface area contributed by atoms with E-state index < -0.39 is 0 Å². The monoisotopic (exact) mass is 321 g/mol. The topological polar surface area (TPSA) is 78.0 Å². The zero-order valence-electron chi connectivity index (χ0n) is 12.6. The summed E-state index contributed by atoms with van der Waals surface area (Å²) in [6, 6.07) is 6.89. The molecule has 2 atom stereocenters. The largest absolute Gasteiger partial charge is 0.394 e. The zero-order chi connectivity index (χ0) is 16.1.